The molecule has 24 heavy (non-hydrogen) atoms. The normalized spacial score (nSPS) is 11.7. The number of hydrogen-bond acceptors (Lipinski definition) is 5. The fourth-order valence-corrected chi connectivity index (χ4v) is 2.95. The monoisotopic (exact) mass is 317 g/mol. The van der Waals surface area contributed by atoms with Gasteiger partial charge in [-0.3, -0.25) is 0 Å². The maximum atomic E-state index is 9.44. The van der Waals surface area contributed by atoms with Gasteiger partial charge in [0.25, 0.3) is 0 Å². The highest BCUT2D eigenvalue weighted by Crippen LogP contribution is 2.47. The van der Waals surface area contributed by atoms with E-state index in [0.29, 0.717) is 17.1 Å². The molecule has 0 N–H and O–H groups in total. The van der Waals surface area contributed by atoms with Crippen LogP contribution in [-0.2, 0) is 0 Å². The summed E-state index contributed by atoms with van der Waals surface area (Å²) in [6.07, 6.45) is 0. The van der Waals surface area contributed by atoms with E-state index < -0.39 is 0 Å². The van der Waals surface area contributed by atoms with Crippen LogP contribution in [-0.4, -0.2) is 21.3 Å². The number of allylic oxidation sites excluding steroid dienone is 1. The van der Waals surface area contributed by atoms with Crippen LogP contribution < -0.4 is 14.4 Å². The maximum absolute atomic E-state index is 9.44. The van der Waals surface area contributed by atoms with Gasteiger partial charge in [-0.15, -0.1) is 0 Å². The molecule has 1 aliphatic heterocycles. The van der Waals surface area contributed by atoms with Crippen LogP contribution in [0.1, 0.15) is 11.1 Å². The highest BCUT2D eigenvalue weighted by molar-refractivity contribution is 6.01. The minimum absolute atomic E-state index is 0.0621. The number of anilines is 2. The van der Waals surface area contributed by atoms with Gasteiger partial charge in [-0.25, -0.2) is 0 Å². The molecule has 0 spiro atoms. The lowest BCUT2D eigenvalue weighted by Crippen LogP contribution is -2.18. The molecule has 0 saturated heterocycles. The zero-order chi connectivity index (χ0) is 17.3. The number of nitriles is 2. The topological polar surface area (TPSA) is 69.3 Å². The van der Waals surface area contributed by atoms with Crippen molar-refractivity contribution >= 4 is 16.9 Å². The van der Waals surface area contributed by atoms with Gasteiger partial charge in [0.05, 0.1) is 14.2 Å². The van der Waals surface area contributed by atoms with E-state index in [4.69, 9.17) is 9.47 Å². The minimum atomic E-state index is 0.0621. The number of ether oxygens (including phenoxy) is 2. The van der Waals surface area contributed by atoms with Gasteiger partial charge in [-0.2, -0.15) is 10.5 Å². The number of methoxy groups -OCH3 is 2. The Hall–Kier alpha value is -3.44. The van der Waals surface area contributed by atoms with Crippen LogP contribution in [0.25, 0.3) is 5.57 Å². The summed E-state index contributed by atoms with van der Waals surface area (Å²) < 4.78 is 10.6. The second kappa shape index (κ2) is 5.98. The molecule has 118 valence electrons. The molecule has 0 radical (unpaired) electrons. The molecule has 0 unspecified atom stereocenters. The Morgan fingerprint density at radius 3 is 1.71 bits per heavy atom. The second-order valence-corrected chi connectivity index (χ2v) is 5.30. The van der Waals surface area contributed by atoms with Crippen LogP contribution in [0.5, 0.6) is 11.5 Å². The van der Waals surface area contributed by atoms with Gasteiger partial charge >= 0.3 is 0 Å². The van der Waals surface area contributed by atoms with Crippen LogP contribution in [0.2, 0.25) is 0 Å². The molecule has 0 bridgehead atoms. The van der Waals surface area contributed by atoms with Gasteiger partial charge < -0.3 is 14.4 Å². The molecule has 1 heterocycles. The summed E-state index contributed by atoms with van der Waals surface area (Å²) in [7, 11) is 5.13. The molecule has 5 heteroatoms. The molecule has 1 aliphatic rings. The highest BCUT2D eigenvalue weighted by Gasteiger charge is 2.28. The number of rotatable bonds is 2. The van der Waals surface area contributed by atoms with Crippen molar-refractivity contribution in [2.75, 3.05) is 26.2 Å². The first-order valence-electron chi connectivity index (χ1n) is 7.29. The highest BCUT2D eigenvalue weighted by atomic mass is 16.5. The summed E-state index contributed by atoms with van der Waals surface area (Å²) in [6.45, 7) is 0. The lowest BCUT2D eigenvalue weighted by atomic mass is 9.87. The van der Waals surface area contributed by atoms with Crippen LogP contribution >= 0.6 is 0 Å². The van der Waals surface area contributed by atoms with E-state index in [1.165, 1.54) is 0 Å². The van der Waals surface area contributed by atoms with Gasteiger partial charge in [0.15, 0.2) is 0 Å². The standard InChI is InChI=1S/C19H15N3O2/c1-22-17-6-4-13(23-2)8-15(17)19(12(10-20)11-21)16-9-14(24-3)5-7-18(16)22/h4-9H,1-3H3. The predicted molar refractivity (Wildman–Crippen MR) is 91.3 cm³/mol. The molecule has 0 fully saturated rings. The Balaban J connectivity index is 2.41. The van der Waals surface area contributed by atoms with Crippen molar-refractivity contribution in [2.45, 2.75) is 0 Å². The third-order valence-corrected chi connectivity index (χ3v) is 4.14. The predicted octanol–water partition coefficient (Wildman–Crippen LogP) is 3.63. The smallest absolute Gasteiger partial charge is 0.138 e. The lowest BCUT2D eigenvalue weighted by Gasteiger charge is -2.32. The maximum Gasteiger partial charge on any atom is 0.138 e. The van der Waals surface area contributed by atoms with E-state index in [9.17, 15) is 10.5 Å². The summed E-state index contributed by atoms with van der Waals surface area (Å²) >= 11 is 0. The third kappa shape index (κ3) is 2.24. The second-order valence-electron chi connectivity index (χ2n) is 5.30. The molecule has 2 aromatic rings. The fourth-order valence-electron chi connectivity index (χ4n) is 2.95. The van der Waals surface area contributed by atoms with Gasteiger partial charge in [0, 0.05) is 35.1 Å². The largest absolute Gasteiger partial charge is 0.497 e. The molecule has 5 nitrogen and oxygen atoms in total. The fraction of sp³-hybridized carbons (Fsp3) is 0.158. The lowest BCUT2D eigenvalue weighted by molar-refractivity contribution is 0.414. The van der Waals surface area contributed by atoms with Crippen LogP contribution in [0, 0.1) is 22.7 Å². The molecular formula is C19H15N3O2. The van der Waals surface area contributed by atoms with Crippen LogP contribution in [0.15, 0.2) is 42.0 Å². The van der Waals surface area contributed by atoms with E-state index in [1.54, 1.807) is 14.2 Å². The van der Waals surface area contributed by atoms with Crippen molar-refractivity contribution < 1.29 is 9.47 Å². The zero-order valence-corrected chi connectivity index (χ0v) is 13.6. The molecule has 3 rings (SSSR count). The molecular weight excluding hydrogens is 302 g/mol. The van der Waals surface area contributed by atoms with Gasteiger partial charge in [0.2, 0.25) is 0 Å². The van der Waals surface area contributed by atoms with Gasteiger partial charge in [-0.1, -0.05) is 0 Å². The molecule has 0 saturated carbocycles. The summed E-state index contributed by atoms with van der Waals surface area (Å²) in [5.41, 5.74) is 4.05. The zero-order valence-electron chi connectivity index (χ0n) is 13.6. The first-order chi connectivity index (χ1) is 11.6. The van der Waals surface area contributed by atoms with E-state index in [-0.39, 0.29) is 5.57 Å². The molecule has 0 amide bonds. The molecule has 0 aromatic heterocycles. The average molecular weight is 317 g/mol. The number of hydrogen-bond donors (Lipinski definition) is 0. The summed E-state index contributed by atoms with van der Waals surface area (Å²) in [6, 6.07) is 15.3. The van der Waals surface area contributed by atoms with Gasteiger partial charge in [-0.05, 0) is 36.4 Å². The van der Waals surface area contributed by atoms with Crippen molar-refractivity contribution in [2.24, 2.45) is 0 Å². The average Bonchev–Trinajstić information content (AvgIpc) is 2.64. The molecule has 0 aliphatic carbocycles. The minimum Gasteiger partial charge on any atom is -0.497 e. The summed E-state index contributed by atoms with van der Waals surface area (Å²) in [5, 5.41) is 18.9. The Morgan fingerprint density at radius 1 is 0.875 bits per heavy atom. The van der Waals surface area contributed by atoms with E-state index in [0.717, 1.165) is 22.5 Å². The quantitative estimate of drug-likeness (QED) is 0.791. The van der Waals surface area contributed by atoms with E-state index in [2.05, 4.69) is 0 Å². The van der Waals surface area contributed by atoms with E-state index >= 15 is 0 Å². The third-order valence-electron chi connectivity index (χ3n) is 4.14. The number of nitrogens with zero attached hydrogens (tertiary/aromatic N) is 3. The Bertz CT molecular complexity index is 859. The van der Waals surface area contributed by atoms with E-state index in [1.807, 2.05) is 60.5 Å². The summed E-state index contributed by atoms with van der Waals surface area (Å²) in [5.74, 6) is 1.34. The Kier molecular flexibility index (Phi) is 3.85. The Labute approximate surface area is 140 Å². The first-order valence-corrected chi connectivity index (χ1v) is 7.29. The van der Waals surface area contributed by atoms with Crippen molar-refractivity contribution in [3.63, 3.8) is 0 Å². The SMILES string of the molecule is COc1ccc2c(c1)C(=C(C#N)C#N)c1cc(OC)ccc1N2C. The van der Waals surface area contributed by atoms with Crippen molar-refractivity contribution in [1.29, 1.82) is 10.5 Å². The Morgan fingerprint density at radius 2 is 1.33 bits per heavy atom. The number of benzene rings is 2. The van der Waals surface area contributed by atoms with Crippen LogP contribution in [0.3, 0.4) is 0 Å². The first kappa shape index (κ1) is 15.5. The molecule has 2 aromatic carbocycles. The van der Waals surface area contributed by atoms with Crippen molar-refractivity contribution in [3.8, 4) is 23.6 Å². The molecule has 0 atom stereocenters. The van der Waals surface area contributed by atoms with Gasteiger partial charge in [0.1, 0.15) is 29.2 Å². The van der Waals surface area contributed by atoms with Crippen molar-refractivity contribution in [3.05, 3.63) is 53.1 Å². The van der Waals surface area contributed by atoms with Crippen molar-refractivity contribution in [1.82, 2.24) is 0 Å². The summed E-state index contributed by atoms with van der Waals surface area (Å²) in [4.78, 5) is 2.03. The number of fused-ring (bicyclic) bond motifs is 2. The van der Waals surface area contributed by atoms with Crippen LogP contribution in [0.4, 0.5) is 11.4 Å².